The first-order valence-corrected chi connectivity index (χ1v) is 14.1. The van der Waals surface area contributed by atoms with Gasteiger partial charge in [0.1, 0.15) is 6.04 Å². The maximum absolute atomic E-state index is 14.5. The van der Waals surface area contributed by atoms with E-state index in [9.17, 15) is 19.5 Å². The molecule has 1 N–H and O–H groups in total. The first kappa shape index (κ1) is 27.4. The number of hydrogen-bond acceptors (Lipinski definition) is 5. The Kier molecular flexibility index (Phi) is 7.83. The highest BCUT2D eigenvalue weighted by molar-refractivity contribution is 5.93. The van der Waals surface area contributed by atoms with E-state index in [1.54, 1.807) is 40.4 Å². The van der Waals surface area contributed by atoms with Crippen molar-refractivity contribution in [2.24, 2.45) is 0 Å². The van der Waals surface area contributed by atoms with Crippen LogP contribution in [0.25, 0.3) is 0 Å². The zero-order chi connectivity index (χ0) is 29.1. The van der Waals surface area contributed by atoms with Crippen molar-refractivity contribution in [3.63, 3.8) is 0 Å². The number of morpholine rings is 1. The van der Waals surface area contributed by atoms with Gasteiger partial charge in [0.25, 0.3) is 0 Å². The molecule has 9 heteroatoms. The van der Waals surface area contributed by atoms with Gasteiger partial charge in [-0.15, -0.1) is 0 Å². The summed E-state index contributed by atoms with van der Waals surface area (Å²) in [4.78, 5) is 48.1. The number of imidazole rings is 1. The number of carbonyl (C=O) groups excluding carboxylic acids is 2. The lowest BCUT2D eigenvalue weighted by molar-refractivity contribution is -0.150. The molecule has 2 amide bonds. The van der Waals surface area contributed by atoms with E-state index in [1.807, 2.05) is 65.2 Å². The Balaban J connectivity index is 1.35. The van der Waals surface area contributed by atoms with Gasteiger partial charge in [-0.25, -0.2) is 9.78 Å². The van der Waals surface area contributed by atoms with Gasteiger partial charge in [0.15, 0.2) is 0 Å². The molecule has 214 valence electrons. The number of carboxylic acid groups (broad SMARTS) is 1. The van der Waals surface area contributed by atoms with E-state index in [1.165, 1.54) is 0 Å². The minimum Gasteiger partial charge on any atom is -0.478 e. The van der Waals surface area contributed by atoms with Gasteiger partial charge in [-0.2, -0.15) is 0 Å². The minimum atomic E-state index is -0.972. The fraction of sp³-hybridized carbons (Fsp3) is 0.273. The van der Waals surface area contributed by atoms with Crippen LogP contribution in [0.2, 0.25) is 0 Å². The molecule has 0 saturated carbocycles. The average molecular weight is 565 g/mol. The number of aromatic carboxylic acids is 1. The molecule has 0 aliphatic carbocycles. The van der Waals surface area contributed by atoms with Crippen molar-refractivity contribution < 1.29 is 24.2 Å². The van der Waals surface area contributed by atoms with Gasteiger partial charge < -0.3 is 24.2 Å². The van der Waals surface area contributed by atoms with Crippen molar-refractivity contribution in [3.05, 3.63) is 125 Å². The Morgan fingerprint density at radius 3 is 2.10 bits per heavy atom. The summed E-state index contributed by atoms with van der Waals surface area (Å²) in [5, 5.41) is 9.24. The summed E-state index contributed by atoms with van der Waals surface area (Å²) in [6.45, 7) is 2.61. The van der Waals surface area contributed by atoms with Crippen LogP contribution >= 0.6 is 0 Å². The monoisotopic (exact) mass is 564 g/mol. The van der Waals surface area contributed by atoms with Gasteiger partial charge in [0.05, 0.1) is 43.3 Å². The van der Waals surface area contributed by atoms with Crippen LogP contribution in [0.15, 0.2) is 91.3 Å². The molecule has 1 aromatic heterocycles. The number of ether oxygens (including phenoxy) is 1. The molecule has 2 aliphatic rings. The van der Waals surface area contributed by atoms with E-state index in [0.29, 0.717) is 39.3 Å². The second kappa shape index (κ2) is 12.0. The lowest BCUT2D eigenvalue weighted by atomic mass is 9.88. The van der Waals surface area contributed by atoms with Crippen LogP contribution in [-0.2, 0) is 33.8 Å². The number of carboxylic acids is 1. The molecule has 9 nitrogen and oxygen atoms in total. The van der Waals surface area contributed by atoms with Crippen LogP contribution in [0.5, 0.6) is 0 Å². The Labute approximate surface area is 244 Å². The van der Waals surface area contributed by atoms with Crippen molar-refractivity contribution in [3.8, 4) is 0 Å². The number of benzene rings is 3. The van der Waals surface area contributed by atoms with Gasteiger partial charge in [-0.1, -0.05) is 72.8 Å². The highest BCUT2D eigenvalue weighted by Crippen LogP contribution is 2.32. The molecule has 4 aromatic rings. The van der Waals surface area contributed by atoms with Gasteiger partial charge in [-0.3, -0.25) is 9.59 Å². The van der Waals surface area contributed by atoms with E-state index in [4.69, 9.17) is 4.74 Å². The first-order chi connectivity index (χ1) is 20.5. The Bertz CT molecular complexity index is 1520. The van der Waals surface area contributed by atoms with Crippen molar-refractivity contribution >= 4 is 17.8 Å². The Morgan fingerprint density at radius 2 is 1.50 bits per heavy atom. The molecule has 0 spiro atoms. The van der Waals surface area contributed by atoms with Crippen LogP contribution in [0.4, 0.5) is 0 Å². The molecule has 1 atom stereocenters. The molecule has 3 aromatic carbocycles. The minimum absolute atomic E-state index is 0.0873. The van der Waals surface area contributed by atoms with E-state index in [0.717, 1.165) is 28.1 Å². The largest absolute Gasteiger partial charge is 0.478 e. The summed E-state index contributed by atoms with van der Waals surface area (Å²) in [6.07, 6.45) is 2.08. The number of fused-ring (bicyclic) bond motifs is 1. The van der Waals surface area contributed by atoms with Crippen molar-refractivity contribution in [1.82, 2.24) is 19.4 Å². The molecule has 3 heterocycles. The van der Waals surface area contributed by atoms with Crippen molar-refractivity contribution in [2.45, 2.75) is 31.5 Å². The summed E-state index contributed by atoms with van der Waals surface area (Å²) >= 11 is 0. The first-order valence-electron chi connectivity index (χ1n) is 14.1. The quantitative estimate of drug-likeness (QED) is 0.368. The van der Waals surface area contributed by atoms with Gasteiger partial charge in [0.2, 0.25) is 11.8 Å². The van der Waals surface area contributed by atoms with Crippen molar-refractivity contribution in [2.75, 3.05) is 26.3 Å². The summed E-state index contributed by atoms with van der Waals surface area (Å²) in [5.41, 5.74) is 4.55. The predicted octanol–water partition coefficient (Wildman–Crippen LogP) is 3.57. The number of rotatable bonds is 7. The van der Waals surface area contributed by atoms with Crippen LogP contribution in [-0.4, -0.2) is 74.6 Å². The van der Waals surface area contributed by atoms with Crippen LogP contribution in [0.1, 0.15) is 44.4 Å². The average Bonchev–Trinajstić information content (AvgIpc) is 3.43. The lowest BCUT2D eigenvalue weighted by Gasteiger charge is -2.40. The summed E-state index contributed by atoms with van der Waals surface area (Å²) < 4.78 is 7.49. The fourth-order valence-corrected chi connectivity index (χ4v) is 5.85. The Hall–Kier alpha value is -4.76. The summed E-state index contributed by atoms with van der Waals surface area (Å²) in [5.74, 6) is -1.76. The molecule has 6 rings (SSSR count). The standard InChI is InChI=1S/C33H32N4O5/c38-31(35-15-17-42-18-16-35)29-19-28-27(34-22-36(28)20-23-11-13-26(14-12-23)33(40)41)21-37(29)32(39)30(24-7-3-1-4-8-24)25-9-5-2-6-10-25/h1-14,22,29-30H,15-21H2,(H,40,41). The number of hydrogen-bond donors (Lipinski definition) is 1. The number of carbonyl (C=O) groups is 3. The van der Waals surface area contributed by atoms with Crippen LogP contribution in [0.3, 0.4) is 0 Å². The molecule has 1 unspecified atom stereocenters. The number of aromatic nitrogens is 2. The van der Waals surface area contributed by atoms with E-state index >= 15 is 0 Å². The highest BCUT2D eigenvalue weighted by atomic mass is 16.5. The van der Waals surface area contributed by atoms with Gasteiger partial charge in [-0.05, 0) is 28.8 Å². The summed E-state index contributed by atoms with van der Waals surface area (Å²) in [6, 6.07) is 25.4. The Morgan fingerprint density at radius 1 is 0.881 bits per heavy atom. The molecule has 2 aliphatic heterocycles. The normalized spacial score (nSPS) is 16.7. The molecular weight excluding hydrogens is 532 g/mol. The maximum atomic E-state index is 14.5. The fourth-order valence-electron chi connectivity index (χ4n) is 5.85. The zero-order valence-electron chi connectivity index (χ0n) is 23.1. The predicted molar refractivity (Wildman–Crippen MR) is 155 cm³/mol. The lowest BCUT2D eigenvalue weighted by Crippen LogP contribution is -2.56. The van der Waals surface area contributed by atoms with Crippen LogP contribution < -0.4 is 0 Å². The van der Waals surface area contributed by atoms with Gasteiger partial charge >= 0.3 is 5.97 Å². The smallest absolute Gasteiger partial charge is 0.335 e. The maximum Gasteiger partial charge on any atom is 0.335 e. The van der Waals surface area contributed by atoms with Crippen molar-refractivity contribution in [1.29, 1.82) is 0 Å². The second-order valence-electron chi connectivity index (χ2n) is 10.6. The zero-order valence-corrected chi connectivity index (χ0v) is 23.1. The van der Waals surface area contributed by atoms with E-state index < -0.39 is 17.9 Å². The van der Waals surface area contributed by atoms with Gasteiger partial charge in [0, 0.05) is 31.7 Å². The number of nitrogens with zero attached hydrogens (tertiary/aromatic N) is 4. The SMILES string of the molecule is O=C(O)c1ccc(Cn2cnc3c2CC(C(=O)N2CCOCC2)N(C(=O)C(c2ccccc2)c2ccccc2)C3)cc1. The topological polar surface area (TPSA) is 105 Å². The summed E-state index contributed by atoms with van der Waals surface area (Å²) in [7, 11) is 0. The second-order valence-corrected chi connectivity index (χ2v) is 10.6. The molecule has 0 radical (unpaired) electrons. The van der Waals surface area contributed by atoms with E-state index in [2.05, 4.69) is 4.98 Å². The molecule has 1 fully saturated rings. The van der Waals surface area contributed by atoms with E-state index in [-0.39, 0.29) is 23.9 Å². The third-order valence-electron chi connectivity index (χ3n) is 8.07. The molecule has 1 saturated heterocycles. The third kappa shape index (κ3) is 5.56. The van der Waals surface area contributed by atoms with Crippen LogP contribution in [0, 0.1) is 0 Å². The molecular formula is C33H32N4O5. The highest BCUT2D eigenvalue weighted by Gasteiger charge is 2.41. The molecule has 0 bridgehead atoms. The third-order valence-corrected chi connectivity index (χ3v) is 8.07. The molecule has 42 heavy (non-hydrogen) atoms. The number of amides is 2.